The Morgan fingerprint density at radius 1 is 1.00 bits per heavy atom. The number of hydrogen-bond acceptors (Lipinski definition) is 2. The van der Waals surface area contributed by atoms with Gasteiger partial charge in [-0.25, -0.2) is 0 Å². The highest BCUT2D eigenvalue weighted by atomic mass is 16.1. The van der Waals surface area contributed by atoms with Crippen molar-refractivity contribution >= 4 is 11.6 Å². The lowest BCUT2D eigenvalue weighted by Crippen LogP contribution is -1.98. The normalized spacial score (nSPS) is 20.4. The van der Waals surface area contributed by atoms with E-state index in [9.17, 15) is 9.59 Å². The first kappa shape index (κ1) is 11.5. The van der Waals surface area contributed by atoms with Gasteiger partial charge in [0.05, 0.1) is 0 Å². The van der Waals surface area contributed by atoms with Crippen LogP contribution in [0, 0.1) is 0 Å². The number of ketones is 2. The first-order valence-corrected chi connectivity index (χ1v) is 5.66. The molecule has 17 heavy (non-hydrogen) atoms. The second-order valence-corrected chi connectivity index (χ2v) is 4.20. The maximum atomic E-state index is 11.0. The molecule has 2 aliphatic carbocycles. The van der Waals surface area contributed by atoms with Crippen molar-refractivity contribution in [1.82, 2.24) is 0 Å². The Balaban J connectivity index is 2.13. The highest BCUT2D eigenvalue weighted by Crippen LogP contribution is 2.19. The average molecular weight is 226 g/mol. The molecule has 0 atom stereocenters. The predicted octanol–water partition coefficient (Wildman–Crippen LogP) is 2.84. The fraction of sp³-hybridized carbons (Fsp3) is 0.200. The van der Waals surface area contributed by atoms with Gasteiger partial charge in [0.2, 0.25) is 0 Å². The molecule has 0 saturated carbocycles. The largest absolute Gasteiger partial charge is 0.295 e. The summed E-state index contributed by atoms with van der Waals surface area (Å²) in [6, 6.07) is 0. The molecule has 0 N–H and O–H groups in total. The van der Waals surface area contributed by atoms with E-state index in [1.54, 1.807) is 12.2 Å². The van der Waals surface area contributed by atoms with Crippen LogP contribution in [0.3, 0.4) is 0 Å². The summed E-state index contributed by atoms with van der Waals surface area (Å²) in [6.07, 6.45) is 13.7. The van der Waals surface area contributed by atoms with Crippen LogP contribution in [-0.2, 0) is 9.59 Å². The molecule has 0 aromatic heterocycles. The Hall–Kier alpha value is -1.96. The van der Waals surface area contributed by atoms with E-state index >= 15 is 0 Å². The number of rotatable bonds is 2. The van der Waals surface area contributed by atoms with E-state index in [0.717, 1.165) is 16.7 Å². The smallest absolute Gasteiger partial charge is 0.159 e. The van der Waals surface area contributed by atoms with Crippen molar-refractivity contribution in [2.24, 2.45) is 0 Å². The minimum Gasteiger partial charge on any atom is -0.295 e. The van der Waals surface area contributed by atoms with Crippen LogP contribution in [0.1, 0.15) is 19.8 Å². The Bertz CT molecular complexity index is 511. The zero-order valence-electron chi connectivity index (χ0n) is 9.77. The zero-order chi connectivity index (χ0) is 12.3. The van der Waals surface area contributed by atoms with E-state index in [0.29, 0.717) is 12.8 Å². The van der Waals surface area contributed by atoms with Crippen molar-refractivity contribution in [3.8, 4) is 0 Å². The predicted molar refractivity (Wildman–Crippen MR) is 67.5 cm³/mol. The van der Waals surface area contributed by atoms with Crippen LogP contribution in [-0.4, -0.2) is 11.6 Å². The standard InChI is InChI=1S/C15H14O2/c1-11(13-4-8-15(17)9-5-13)10-12-2-6-14(16)7-3-12/h2-6,8,10H,7,9H2,1H3. The molecule has 0 amide bonds. The van der Waals surface area contributed by atoms with Gasteiger partial charge < -0.3 is 0 Å². The van der Waals surface area contributed by atoms with Crippen molar-refractivity contribution in [2.75, 3.05) is 0 Å². The van der Waals surface area contributed by atoms with Crippen LogP contribution in [0.5, 0.6) is 0 Å². The van der Waals surface area contributed by atoms with Crippen molar-refractivity contribution in [1.29, 1.82) is 0 Å². The number of allylic oxidation sites excluding steroid dienone is 10. The van der Waals surface area contributed by atoms with Gasteiger partial charge in [0, 0.05) is 12.8 Å². The summed E-state index contributed by atoms with van der Waals surface area (Å²) in [5, 5.41) is 0. The Kier molecular flexibility index (Phi) is 3.33. The van der Waals surface area contributed by atoms with Crippen LogP contribution in [0.4, 0.5) is 0 Å². The van der Waals surface area contributed by atoms with Crippen molar-refractivity contribution in [2.45, 2.75) is 19.8 Å². The highest BCUT2D eigenvalue weighted by molar-refractivity contribution is 5.93. The van der Waals surface area contributed by atoms with Crippen molar-refractivity contribution in [3.05, 3.63) is 59.3 Å². The van der Waals surface area contributed by atoms with E-state index in [2.05, 4.69) is 0 Å². The van der Waals surface area contributed by atoms with E-state index < -0.39 is 0 Å². The van der Waals surface area contributed by atoms with Gasteiger partial charge in [-0.15, -0.1) is 0 Å². The number of carbonyl (C=O) groups is 2. The van der Waals surface area contributed by atoms with Gasteiger partial charge in [-0.2, -0.15) is 0 Å². The molecule has 2 rings (SSSR count). The van der Waals surface area contributed by atoms with E-state index in [4.69, 9.17) is 0 Å². The Morgan fingerprint density at radius 3 is 2.18 bits per heavy atom. The molecule has 2 heteroatoms. The SMILES string of the molecule is CC(=CC1=CCC(=O)C=C1)C1=CCC(=O)C=C1. The van der Waals surface area contributed by atoms with Gasteiger partial charge in [0.15, 0.2) is 11.6 Å². The van der Waals surface area contributed by atoms with Gasteiger partial charge in [-0.1, -0.05) is 30.4 Å². The second-order valence-electron chi connectivity index (χ2n) is 4.20. The zero-order valence-corrected chi connectivity index (χ0v) is 9.77. The molecule has 0 heterocycles. The number of hydrogen-bond donors (Lipinski definition) is 0. The van der Waals surface area contributed by atoms with Gasteiger partial charge in [-0.3, -0.25) is 9.59 Å². The lowest BCUT2D eigenvalue weighted by atomic mass is 9.97. The molecular weight excluding hydrogens is 212 g/mol. The summed E-state index contributed by atoms with van der Waals surface area (Å²) in [5.74, 6) is 0.283. The minimum absolute atomic E-state index is 0.141. The second kappa shape index (κ2) is 4.91. The summed E-state index contributed by atoms with van der Waals surface area (Å²) in [6.45, 7) is 2.01. The van der Waals surface area contributed by atoms with Crippen LogP contribution in [0.2, 0.25) is 0 Å². The van der Waals surface area contributed by atoms with Gasteiger partial charge in [0.1, 0.15) is 0 Å². The lowest BCUT2D eigenvalue weighted by molar-refractivity contribution is -0.114. The van der Waals surface area contributed by atoms with Crippen molar-refractivity contribution < 1.29 is 9.59 Å². The quantitative estimate of drug-likeness (QED) is 0.725. The van der Waals surface area contributed by atoms with E-state index in [1.165, 1.54) is 0 Å². The third-order valence-electron chi connectivity index (χ3n) is 2.81. The third-order valence-corrected chi connectivity index (χ3v) is 2.81. The third kappa shape index (κ3) is 3.00. The molecule has 0 unspecified atom stereocenters. The molecule has 0 bridgehead atoms. The van der Waals surface area contributed by atoms with Crippen molar-refractivity contribution in [3.63, 3.8) is 0 Å². The van der Waals surface area contributed by atoms with Gasteiger partial charge >= 0.3 is 0 Å². The molecule has 86 valence electrons. The van der Waals surface area contributed by atoms with Crippen LogP contribution in [0.15, 0.2) is 59.3 Å². The molecule has 0 spiro atoms. The molecule has 2 aliphatic rings. The van der Waals surface area contributed by atoms with E-state index in [1.807, 2.05) is 37.3 Å². The summed E-state index contributed by atoms with van der Waals surface area (Å²) >= 11 is 0. The summed E-state index contributed by atoms with van der Waals surface area (Å²) in [4.78, 5) is 22.1. The first-order chi connectivity index (χ1) is 8.15. The fourth-order valence-electron chi connectivity index (χ4n) is 1.81. The van der Waals surface area contributed by atoms with E-state index in [-0.39, 0.29) is 11.6 Å². The fourth-order valence-corrected chi connectivity index (χ4v) is 1.81. The molecule has 0 aromatic carbocycles. The number of carbonyl (C=O) groups excluding carboxylic acids is 2. The monoisotopic (exact) mass is 226 g/mol. The van der Waals surface area contributed by atoms with Crippen LogP contribution < -0.4 is 0 Å². The summed E-state index contributed by atoms with van der Waals surface area (Å²) in [5.41, 5.74) is 3.24. The minimum atomic E-state index is 0.141. The topological polar surface area (TPSA) is 34.1 Å². The molecular formula is C15H14O2. The molecule has 0 saturated heterocycles. The molecule has 2 nitrogen and oxygen atoms in total. The van der Waals surface area contributed by atoms with Gasteiger partial charge in [-0.05, 0) is 35.8 Å². The summed E-state index contributed by atoms with van der Waals surface area (Å²) in [7, 11) is 0. The highest BCUT2D eigenvalue weighted by Gasteiger charge is 2.06. The summed E-state index contributed by atoms with van der Waals surface area (Å²) < 4.78 is 0. The molecule has 0 aromatic rings. The Labute approximate surface area is 101 Å². The average Bonchev–Trinajstić information content (AvgIpc) is 2.33. The first-order valence-electron chi connectivity index (χ1n) is 5.66. The molecule has 0 fully saturated rings. The molecule has 0 aliphatic heterocycles. The maximum absolute atomic E-state index is 11.0. The molecule has 0 radical (unpaired) electrons. The Morgan fingerprint density at radius 2 is 1.65 bits per heavy atom. The van der Waals surface area contributed by atoms with Crippen LogP contribution >= 0.6 is 0 Å². The van der Waals surface area contributed by atoms with Crippen LogP contribution in [0.25, 0.3) is 0 Å². The lowest BCUT2D eigenvalue weighted by Gasteiger charge is -2.08. The van der Waals surface area contributed by atoms with Gasteiger partial charge in [0.25, 0.3) is 0 Å². The maximum Gasteiger partial charge on any atom is 0.159 e.